The van der Waals surface area contributed by atoms with E-state index in [1.54, 1.807) is 0 Å². The summed E-state index contributed by atoms with van der Waals surface area (Å²) in [5, 5.41) is 9.07. The maximum Gasteiger partial charge on any atom is 0.248 e. The number of halogens is 1. The van der Waals surface area contributed by atoms with E-state index in [1.807, 2.05) is 0 Å². The van der Waals surface area contributed by atoms with E-state index in [2.05, 4.69) is 0 Å². The minimum Gasteiger partial charge on any atom is -0.396 e. The fourth-order valence-corrected chi connectivity index (χ4v) is 2.53. The van der Waals surface area contributed by atoms with Gasteiger partial charge in [0.05, 0.1) is 12.7 Å². The lowest BCUT2D eigenvalue weighted by Gasteiger charge is -2.27. The fourth-order valence-electron chi connectivity index (χ4n) is 2.53. The van der Waals surface area contributed by atoms with E-state index in [0.717, 1.165) is 25.7 Å². The van der Waals surface area contributed by atoms with Crippen LogP contribution in [0.3, 0.4) is 0 Å². The zero-order chi connectivity index (χ0) is 14.5. The molecule has 0 bridgehead atoms. The maximum atomic E-state index is 13.6. The third-order valence-corrected chi connectivity index (χ3v) is 3.86. The van der Waals surface area contributed by atoms with E-state index in [4.69, 9.17) is 15.6 Å². The van der Waals surface area contributed by atoms with Crippen LogP contribution >= 0.6 is 0 Å². The van der Waals surface area contributed by atoms with Crippen LogP contribution < -0.4 is 5.73 Å². The summed E-state index contributed by atoms with van der Waals surface area (Å²) in [6.07, 6.45) is 3.72. The number of hydrogen-bond acceptors (Lipinski definition) is 3. The summed E-state index contributed by atoms with van der Waals surface area (Å²) in [4.78, 5) is 11.1. The predicted molar refractivity (Wildman–Crippen MR) is 72.5 cm³/mol. The molecule has 110 valence electrons. The van der Waals surface area contributed by atoms with Crippen molar-refractivity contribution < 1.29 is 19.0 Å². The van der Waals surface area contributed by atoms with Crippen molar-refractivity contribution in [2.24, 2.45) is 11.7 Å². The lowest BCUT2D eigenvalue weighted by Crippen LogP contribution is -2.23. The van der Waals surface area contributed by atoms with Gasteiger partial charge in [0.2, 0.25) is 5.91 Å². The second-order valence-electron chi connectivity index (χ2n) is 5.31. The highest BCUT2D eigenvalue weighted by atomic mass is 19.1. The topological polar surface area (TPSA) is 72.6 Å². The molecule has 1 fully saturated rings. The lowest BCUT2D eigenvalue weighted by atomic mass is 9.88. The van der Waals surface area contributed by atoms with Gasteiger partial charge in [0.15, 0.2) is 0 Å². The Morgan fingerprint density at radius 2 is 2.05 bits per heavy atom. The van der Waals surface area contributed by atoms with Crippen LogP contribution in [-0.4, -0.2) is 23.7 Å². The Labute approximate surface area is 117 Å². The van der Waals surface area contributed by atoms with Gasteiger partial charge in [0.1, 0.15) is 5.82 Å². The van der Waals surface area contributed by atoms with Crippen LogP contribution in [0.25, 0.3) is 0 Å². The van der Waals surface area contributed by atoms with Gasteiger partial charge >= 0.3 is 0 Å². The highest BCUT2D eigenvalue weighted by Crippen LogP contribution is 2.26. The van der Waals surface area contributed by atoms with E-state index < -0.39 is 5.91 Å². The largest absolute Gasteiger partial charge is 0.396 e. The smallest absolute Gasteiger partial charge is 0.248 e. The molecule has 0 radical (unpaired) electrons. The highest BCUT2D eigenvalue weighted by molar-refractivity contribution is 5.92. The van der Waals surface area contributed by atoms with Crippen LogP contribution in [0.2, 0.25) is 0 Å². The molecular weight excluding hydrogens is 261 g/mol. The van der Waals surface area contributed by atoms with Crippen LogP contribution in [0.15, 0.2) is 18.2 Å². The molecule has 1 amide bonds. The number of hydrogen-bond donors (Lipinski definition) is 2. The standard InChI is InChI=1S/C15H20FNO3/c16-14-6-3-11(15(17)19)7-12(14)9-20-13-4-1-10(8-18)2-5-13/h3,6-7,10,13,18H,1-2,4-5,8-9H2,(H2,17,19). The molecule has 1 aromatic carbocycles. The molecule has 0 atom stereocenters. The second kappa shape index (κ2) is 6.81. The molecule has 1 aliphatic rings. The van der Waals surface area contributed by atoms with Crippen molar-refractivity contribution in [3.8, 4) is 0 Å². The van der Waals surface area contributed by atoms with Crippen LogP contribution in [0.4, 0.5) is 4.39 Å². The number of carbonyl (C=O) groups is 1. The van der Waals surface area contributed by atoms with E-state index in [1.165, 1.54) is 18.2 Å². The lowest BCUT2D eigenvalue weighted by molar-refractivity contribution is 0.000141. The summed E-state index contributed by atoms with van der Waals surface area (Å²) in [5.74, 6) is -0.599. The Balaban J connectivity index is 1.91. The Hall–Kier alpha value is -1.46. The summed E-state index contributed by atoms with van der Waals surface area (Å²) in [6.45, 7) is 0.365. The molecular formula is C15H20FNO3. The van der Waals surface area contributed by atoms with Crippen LogP contribution in [0, 0.1) is 11.7 Å². The van der Waals surface area contributed by atoms with E-state index in [9.17, 15) is 9.18 Å². The fraction of sp³-hybridized carbons (Fsp3) is 0.533. The zero-order valence-corrected chi connectivity index (χ0v) is 11.3. The molecule has 1 saturated carbocycles. The predicted octanol–water partition coefficient (Wildman–Crippen LogP) is 1.99. The molecule has 0 aliphatic heterocycles. The molecule has 2 rings (SSSR count). The van der Waals surface area contributed by atoms with Crippen molar-refractivity contribution >= 4 is 5.91 Å². The van der Waals surface area contributed by atoms with Gasteiger partial charge in [0, 0.05) is 17.7 Å². The van der Waals surface area contributed by atoms with Crippen LogP contribution in [-0.2, 0) is 11.3 Å². The first-order valence-corrected chi connectivity index (χ1v) is 6.91. The van der Waals surface area contributed by atoms with Crippen molar-refractivity contribution in [1.29, 1.82) is 0 Å². The summed E-state index contributed by atoms with van der Waals surface area (Å²) < 4.78 is 19.3. The van der Waals surface area contributed by atoms with Gasteiger partial charge in [-0.05, 0) is 49.8 Å². The van der Waals surface area contributed by atoms with Gasteiger partial charge < -0.3 is 15.6 Å². The molecule has 20 heavy (non-hydrogen) atoms. The first-order valence-electron chi connectivity index (χ1n) is 6.91. The normalized spacial score (nSPS) is 22.7. The molecule has 3 N–H and O–H groups in total. The first-order chi connectivity index (χ1) is 9.60. The minimum atomic E-state index is -0.574. The number of benzene rings is 1. The second-order valence-corrected chi connectivity index (χ2v) is 5.31. The van der Waals surface area contributed by atoms with E-state index in [-0.39, 0.29) is 30.7 Å². The molecule has 1 aromatic rings. The number of amides is 1. The average Bonchev–Trinajstić information content (AvgIpc) is 2.46. The van der Waals surface area contributed by atoms with Gasteiger partial charge in [0.25, 0.3) is 0 Å². The number of aliphatic hydroxyl groups is 1. The quantitative estimate of drug-likeness (QED) is 0.867. The number of aliphatic hydroxyl groups excluding tert-OH is 1. The van der Waals surface area contributed by atoms with Crippen LogP contribution in [0.5, 0.6) is 0 Å². The van der Waals surface area contributed by atoms with Crippen molar-refractivity contribution in [1.82, 2.24) is 0 Å². The van der Waals surface area contributed by atoms with Gasteiger partial charge in [-0.15, -0.1) is 0 Å². The van der Waals surface area contributed by atoms with Crippen molar-refractivity contribution in [2.45, 2.75) is 38.4 Å². The van der Waals surface area contributed by atoms with Crippen molar-refractivity contribution in [3.63, 3.8) is 0 Å². The monoisotopic (exact) mass is 281 g/mol. The summed E-state index contributed by atoms with van der Waals surface area (Å²) in [5.41, 5.74) is 5.81. The molecule has 0 unspecified atom stereocenters. The van der Waals surface area contributed by atoms with Gasteiger partial charge in [-0.2, -0.15) is 0 Å². The molecule has 0 saturated heterocycles. The molecule has 5 heteroatoms. The molecule has 0 heterocycles. The summed E-state index contributed by atoms with van der Waals surface area (Å²) in [6, 6.07) is 4.05. The summed E-state index contributed by atoms with van der Waals surface area (Å²) in [7, 11) is 0. The van der Waals surface area contributed by atoms with Gasteiger partial charge in [-0.1, -0.05) is 0 Å². The number of carbonyl (C=O) groups excluding carboxylic acids is 1. The number of ether oxygens (including phenoxy) is 1. The van der Waals surface area contributed by atoms with Gasteiger partial charge in [-0.3, -0.25) is 4.79 Å². The zero-order valence-electron chi connectivity index (χ0n) is 11.3. The van der Waals surface area contributed by atoms with Gasteiger partial charge in [-0.25, -0.2) is 4.39 Å². The number of primary amides is 1. The summed E-state index contributed by atoms with van der Waals surface area (Å²) >= 11 is 0. The van der Waals surface area contributed by atoms with E-state index in [0.29, 0.717) is 11.5 Å². The Kier molecular flexibility index (Phi) is 5.09. The molecule has 0 spiro atoms. The van der Waals surface area contributed by atoms with E-state index >= 15 is 0 Å². The average molecular weight is 281 g/mol. The maximum absolute atomic E-state index is 13.6. The minimum absolute atomic E-state index is 0.0921. The molecule has 1 aliphatic carbocycles. The van der Waals surface area contributed by atoms with Crippen molar-refractivity contribution in [2.75, 3.05) is 6.61 Å². The Bertz CT molecular complexity index is 470. The Morgan fingerprint density at radius 1 is 1.35 bits per heavy atom. The Morgan fingerprint density at radius 3 is 2.65 bits per heavy atom. The number of rotatable bonds is 5. The molecule has 0 aromatic heterocycles. The highest BCUT2D eigenvalue weighted by Gasteiger charge is 2.21. The third kappa shape index (κ3) is 3.77. The van der Waals surface area contributed by atoms with Crippen LogP contribution in [0.1, 0.15) is 41.6 Å². The third-order valence-electron chi connectivity index (χ3n) is 3.86. The molecule has 4 nitrogen and oxygen atoms in total. The SMILES string of the molecule is NC(=O)c1ccc(F)c(COC2CCC(CO)CC2)c1. The first kappa shape index (κ1) is 14.9. The van der Waals surface area contributed by atoms with Crippen molar-refractivity contribution in [3.05, 3.63) is 35.1 Å². The number of nitrogens with two attached hydrogens (primary N) is 1.